The van der Waals surface area contributed by atoms with Crippen LogP contribution >= 0.6 is 0 Å². The van der Waals surface area contributed by atoms with Gasteiger partial charge in [0.2, 0.25) is 0 Å². The van der Waals surface area contributed by atoms with E-state index in [2.05, 4.69) is 169 Å². The third kappa shape index (κ3) is 4.04. The highest BCUT2D eigenvalue weighted by molar-refractivity contribution is 6.03. The Balaban J connectivity index is 1.18. The van der Waals surface area contributed by atoms with Gasteiger partial charge in [-0.05, 0) is 76.9 Å². The van der Waals surface area contributed by atoms with E-state index in [1.54, 1.807) is 0 Å². The van der Waals surface area contributed by atoms with Crippen molar-refractivity contribution in [1.82, 2.24) is 14.5 Å². The first-order chi connectivity index (χ1) is 24.1. The molecular weight excluding hydrogens is 597 g/mol. The summed E-state index contributed by atoms with van der Waals surface area (Å²) in [6, 6.07) is 54.4. The van der Waals surface area contributed by atoms with Crippen LogP contribution in [-0.4, -0.2) is 14.5 Å². The Morgan fingerprint density at radius 1 is 0.531 bits per heavy atom. The Hall–Kier alpha value is -6.26. The maximum absolute atomic E-state index is 5.33. The maximum Gasteiger partial charge on any atom is 0.145 e. The van der Waals surface area contributed by atoms with Gasteiger partial charge in [0.1, 0.15) is 5.82 Å². The molecule has 0 radical (unpaired) electrons. The normalized spacial score (nSPS) is 13.3. The van der Waals surface area contributed by atoms with Crippen LogP contribution in [0.15, 0.2) is 158 Å². The van der Waals surface area contributed by atoms with Crippen LogP contribution in [-0.2, 0) is 5.41 Å². The smallest absolute Gasteiger partial charge is 0.145 e. The fourth-order valence-electron chi connectivity index (χ4n) is 8.12. The molecule has 0 N–H and O–H groups in total. The maximum atomic E-state index is 5.33. The van der Waals surface area contributed by atoms with Crippen molar-refractivity contribution in [3.05, 3.63) is 169 Å². The molecular formula is C45H32N4. The lowest BCUT2D eigenvalue weighted by atomic mass is 9.82. The Kier molecular flexibility index (Phi) is 5.89. The average Bonchev–Trinajstić information content (AvgIpc) is 3.61. The van der Waals surface area contributed by atoms with E-state index in [1.807, 2.05) is 12.3 Å². The van der Waals surface area contributed by atoms with Crippen LogP contribution in [0.4, 0.5) is 17.1 Å². The summed E-state index contributed by atoms with van der Waals surface area (Å²) in [7, 11) is 0. The topological polar surface area (TPSA) is 34.0 Å². The molecule has 2 aliphatic rings. The predicted molar refractivity (Wildman–Crippen MR) is 201 cm³/mol. The number of para-hydroxylation sites is 3. The fourth-order valence-corrected chi connectivity index (χ4v) is 8.12. The lowest BCUT2D eigenvalue weighted by molar-refractivity contribution is 0.660. The molecule has 0 saturated carbocycles. The number of hydrogen-bond donors (Lipinski definition) is 0. The molecule has 1 aliphatic carbocycles. The Morgan fingerprint density at radius 2 is 1.22 bits per heavy atom. The minimum absolute atomic E-state index is 0.0964. The molecule has 8 aromatic rings. The SMILES string of the molecule is CC1(C)c2ccccc2-c2ccc(N(c3ccccc3)c3cccc(-c4nc5cccc6c5n4-c4ccccc4-c4ncccc4-6)c3)cc21. The first kappa shape index (κ1) is 27.8. The van der Waals surface area contributed by atoms with E-state index in [1.165, 1.54) is 22.3 Å². The molecule has 49 heavy (non-hydrogen) atoms. The van der Waals surface area contributed by atoms with Crippen LogP contribution in [0.25, 0.3) is 61.6 Å². The highest BCUT2D eigenvalue weighted by atomic mass is 15.1. The summed E-state index contributed by atoms with van der Waals surface area (Å²) in [5.41, 5.74) is 17.1. The van der Waals surface area contributed by atoms with Gasteiger partial charge in [0.15, 0.2) is 0 Å². The van der Waals surface area contributed by atoms with Crippen molar-refractivity contribution in [3.63, 3.8) is 0 Å². The molecule has 0 amide bonds. The molecule has 232 valence electrons. The number of fused-ring (bicyclic) bond motifs is 8. The third-order valence-corrected chi connectivity index (χ3v) is 10.4. The van der Waals surface area contributed by atoms with Crippen molar-refractivity contribution in [3.8, 4) is 50.6 Å². The van der Waals surface area contributed by atoms with Crippen molar-refractivity contribution in [2.45, 2.75) is 19.3 Å². The fraction of sp³-hybridized carbons (Fsp3) is 0.0667. The predicted octanol–water partition coefficient (Wildman–Crippen LogP) is 11.5. The van der Waals surface area contributed by atoms with Crippen LogP contribution in [0.3, 0.4) is 0 Å². The molecule has 4 heteroatoms. The second kappa shape index (κ2) is 10.4. The van der Waals surface area contributed by atoms with Crippen LogP contribution in [0.2, 0.25) is 0 Å². The molecule has 4 nitrogen and oxygen atoms in total. The highest BCUT2D eigenvalue weighted by Crippen LogP contribution is 2.51. The summed E-state index contributed by atoms with van der Waals surface area (Å²) in [5, 5.41) is 0. The molecule has 2 aromatic heterocycles. The molecule has 0 bridgehead atoms. The molecule has 10 rings (SSSR count). The van der Waals surface area contributed by atoms with Crippen LogP contribution in [0.1, 0.15) is 25.0 Å². The van der Waals surface area contributed by atoms with Crippen LogP contribution in [0, 0.1) is 0 Å². The Morgan fingerprint density at radius 3 is 2.12 bits per heavy atom. The van der Waals surface area contributed by atoms with E-state index in [0.717, 1.165) is 67.6 Å². The second-order valence-electron chi connectivity index (χ2n) is 13.5. The second-order valence-corrected chi connectivity index (χ2v) is 13.5. The third-order valence-electron chi connectivity index (χ3n) is 10.4. The van der Waals surface area contributed by atoms with E-state index in [4.69, 9.17) is 9.97 Å². The van der Waals surface area contributed by atoms with Gasteiger partial charge in [0, 0.05) is 50.9 Å². The number of aromatic nitrogens is 3. The quantitative estimate of drug-likeness (QED) is 0.194. The zero-order valence-corrected chi connectivity index (χ0v) is 27.3. The molecule has 0 saturated heterocycles. The minimum atomic E-state index is -0.0964. The molecule has 6 aromatic carbocycles. The van der Waals surface area contributed by atoms with Crippen molar-refractivity contribution < 1.29 is 0 Å². The largest absolute Gasteiger partial charge is 0.310 e. The van der Waals surface area contributed by atoms with Gasteiger partial charge in [0.25, 0.3) is 0 Å². The van der Waals surface area contributed by atoms with Gasteiger partial charge in [-0.15, -0.1) is 0 Å². The van der Waals surface area contributed by atoms with Gasteiger partial charge in [-0.25, -0.2) is 4.98 Å². The summed E-state index contributed by atoms with van der Waals surface area (Å²) in [4.78, 5) is 12.6. The number of hydrogen-bond acceptors (Lipinski definition) is 3. The van der Waals surface area contributed by atoms with E-state index in [9.17, 15) is 0 Å². The van der Waals surface area contributed by atoms with Gasteiger partial charge in [0.05, 0.1) is 22.4 Å². The summed E-state index contributed by atoms with van der Waals surface area (Å²) in [6.45, 7) is 4.68. The van der Waals surface area contributed by atoms with Gasteiger partial charge in [-0.2, -0.15) is 0 Å². The van der Waals surface area contributed by atoms with Gasteiger partial charge < -0.3 is 4.90 Å². The summed E-state index contributed by atoms with van der Waals surface area (Å²) >= 11 is 0. The zero-order valence-electron chi connectivity index (χ0n) is 27.3. The zero-order chi connectivity index (χ0) is 32.7. The highest BCUT2D eigenvalue weighted by Gasteiger charge is 2.36. The van der Waals surface area contributed by atoms with E-state index >= 15 is 0 Å². The summed E-state index contributed by atoms with van der Waals surface area (Å²) in [6.07, 6.45) is 1.88. The van der Waals surface area contributed by atoms with Crippen molar-refractivity contribution >= 4 is 28.1 Å². The summed E-state index contributed by atoms with van der Waals surface area (Å²) < 4.78 is 2.34. The van der Waals surface area contributed by atoms with Crippen molar-refractivity contribution in [2.24, 2.45) is 0 Å². The average molecular weight is 629 g/mol. The lowest BCUT2D eigenvalue weighted by Gasteiger charge is -2.28. The lowest BCUT2D eigenvalue weighted by Crippen LogP contribution is -2.16. The molecule has 0 fully saturated rings. The van der Waals surface area contributed by atoms with E-state index in [0.29, 0.717) is 0 Å². The van der Waals surface area contributed by atoms with Crippen LogP contribution in [0.5, 0.6) is 0 Å². The number of benzene rings is 6. The standard InChI is InChI=1S/C45H32N4/c1-45(2)38-21-8-6-17-33(38)34-25-24-32(28-39(34)45)48(30-14-4-3-5-15-30)31-16-10-13-29(27-31)44-47-40-22-11-19-36-35-20-12-26-46-42(35)37-18-7-9-23-41(37)49(44)43(36)40/h3-28H,1-2H3. The van der Waals surface area contributed by atoms with Gasteiger partial charge >= 0.3 is 0 Å². The first-order valence-corrected chi connectivity index (χ1v) is 16.8. The van der Waals surface area contributed by atoms with E-state index < -0.39 is 0 Å². The van der Waals surface area contributed by atoms with Crippen LogP contribution < -0.4 is 4.90 Å². The number of pyridine rings is 1. The van der Waals surface area contributed by atoms with E-state index in [-0.39, 0.29) is 5.41 Å². The number of imidazole rings is 1. The van der Waals surface area contributed by atoms with Crippen molar-refractivity contribution in [1.29, 1.82) is 0 Å². The van der Waals surface area contributed by atoms with Gasteiger partial charge in [-0.1, -0.05) is 111 Å². The van der Waals surface area contributed by atoms with Gasteiger partial charge in [-0.3, -0.25) is 9.55 Å². The molecule has 1 aliphatic heterocycles. The first-order valence-electron chi connectivity index (χ1n) is 16.8. The Labute approximate surface area is 285 Å². The minimum Gasteiger partial charge on any atom is -0.310 e. The molecule has 0 atom stereocenters. The molecule has 3 heterocycles. The molecule has 0 unspecified atom stereocenters. The Bertz CT molecular complexity index is 2590. The number of rotatable bonds is 4. The summed E-state index contributed by atoms with van der Waals surface area (Å²) in [5.74, 6) is 0.906. The van der Waals surface area contributed by atoms with Crippen molar-refractivity contribution in [2.75, 3.05) is 4.90 Å². The number of anilines is 3. The number of nitrogens with zero attached hydrogens (tertiary/aromatic N) is 4. The molecule has 0 spiro atoms. The monoisotopic (exact) mass is 628 g/mol.